The molecule has 0 N–H and O–H groups in total. The molecule has 1 aliphatic rings. The van der Waals surface area contributed by atoms with Crippen LogP contribution in [0.1, 0.15) is 11.4 Å². The molecule has 0 amide bonds. The monoisotopic (exact) mass is 336 g/mol. The molecule has 0 saturated carbocycles. The molecule has 3 heterocycles. The number of hydrogen-bond acceptors (Lipinski definition) is 6. The van der Waals surface area contributed by atoms with E-state index in [0.29, 0.717) is 53.1 Å². The largest absolute Gasteiger partial charge is 0.377 e. The minimum absolute atomic E-state index is 0.367. The van der Waals surface area contributed by atoms with Crippen LogP contribution in [0, 0.1) is 13.8 Å². The summed E-state index contributed by atoms with van der Waals surface area (Å²) < 4.78 is 25.8. The zero-order valence-corrected chi connectivity index (χ0v) is 14.2. The number of aryl methyl sites for hydroxylation is 2. The Morgan fingerprint density at radius 1 is 0.750 bits per heavy atom. The highest BCUT2D eigenvalue weighted by molar-refractivity contribution is 5.55. The van der Waals surface area contributed by atoms with Crippen LogP contribution in [0.3, 0.4) is 0 Å². The number of fused-ring (bicyclic) bond motifs is 4. The standard InChI is InChI=1S/C16H24N4O4/c1-13-9-16-15-10-14(2)19(18-15)11-23-7-5-21-3-4-22-6-8-24-12-20(16)17-13/h9-10H,3-8,11-12H2,1-2H3. The highest BCUT2D eigenvalue weighted by Crippen LogP contribution is 2.20. The van der Waals surface area contributed by atoms with Crippen molar-refractivity contribution in [1.29, 1.82) is 0 Å². The molecular formula is C16H24N4O4. The predicted octanol–water partition coefficient (Wildman–Crippen LogP) is 1.36. The lowest BCUT2D eigenvalue weighted by Gasteiger charge is -2.08. The van der Waals surface area contributed by atoms with Gasteiger partial charge in [-0.2, -0.15) is 10.2 Å². The molecule has 2 bridgehead atoms. The van der Waals surface area contributed by atoms with Crippen molar-refractivity contribution in [3.8, 4) is 11.4 Å². The third-order valence-corrected chi connectivity index (χ3v) is 3.69. The van der Waals surface area contributed by atoms with Crippen molar-refractivity contribution in [2.45, 2.75) is 27.3 Å². The normalized spacial score (nSPS) is 18.1. The smallest absolute Gasteiger partial charge is 0.140 e. The average molecular weight is 336 g/mol. The molecule has 0 fully saturated rings. The number of ether oxygens (including phenoxy) is 4. The summed E-state index contributed by atoms with van der Waals surface area (Å²) in [6.45, 7) is 7.94. The molecule has 24 heavy (non-hydrogen) atoms. The Labute approximate surface area is 141 Å². The Balaban J connectivity index is 1.77. The van der Waals surface area contributed by atoms with Crippen LogP contribution in [-0.2, 0) is 32.4 Å². The summed E-state index contributed by atoms with van der Waals surface area (Å²) in [5, 5.41) is 9.10. The Kier molecular flexibility index (Phi) is 5.97. The van der Waals surface area contributed by atoms with Gasteiger partial charge in [0.2, 0.25) is 0 Å². The first kappa shape index (κ1) is 17.1. The molecule has 3 rings (SSSR count). The first-order valence-electron chi connectivity index (χ1n) is 8.14. The van der Waals surface area contributed by atoms with E-state index in [1.807, 2.05) is 35.3 Å². The second kappa shape index (κ2) is 8.39. The van der Waals surface area contributed by atoms with Crippen molar-refractivity contribution in [3.05, 3.63) is 23.5 Å². The summed E-state index contributed by atoms with van der Waals surface area (Å²) in [7, 11) is 0. The fourth-order valence-electron chi connectivity index (χ4n) is 2.48. The van der Waals surface area contributed by atoms with E-state index in [9.17, 15) is 0 Å². The number of nitrogens with zero attached hydrogens (tertiary/aromatic N) is 4. The van der Waals surface area contributed by atoms with Gasteiger partial charge in [0.25, 0.3) is 0 Å². The number of hydrogen-bond donors (Lipinski definition) is 0. The fourth-order valence-corrected chi connectivity index (χ4v) is 2.48. The van der Waals surface area contributed by atoms with Crippen LogP contribution in [0.2, 0.25) is 0 Å². The zero-order chi connectivity index (χ0) is 16.8. The molecule has 8 nitrogen and oxygen atoms in total. The van der Waals surface area contributed by atoms with Gasteiger partial charge in [-0.1, -0.05) is 0 Å². The lowest BCUT2D eigenvalue weighted by molar-refractivity contribution is -0.0209. The van der Waals surface area contributed by atoms with Gasteiger partial charge in [-0.05, 0) is 26.0 Å². The maximum absolute atomic E-state index is 5.65. The molecular weight excluding hydrogens is 312 g/mol. The van der Waals surface area contributed by atoms with Gasteiger partial charge in [0, 0.05) is 5.69 Å². The maximum Gasteiger partial charge on any atom is 0.140 e. The lowest BCUT2D eigenvalue weighted by atomic mass is 10.2. The van der Waals surface area contributed by atoms with E-state index in [4.69, 9.17) is 18.9 Å². The first-order chi connectivity index (χ1) is 11.7. The van der Waals surface area contributed by atoms with E-state index in [1.54, 1.807) is 0 Å². The minimum Gasteiger partial charge on any atom is -0.377 e. The van der Waals surface area contributed by atoms with Gasteiger partial charge >= 0.3 is 0 Å². The Morgan fingerprint density at radius 3 is 2.00 bits per heavy atom. The summed E-state index contributed by atoms with van der Waals surface area (Å²) in [6.07, 6.45) is 0. The molecule has 0 aliphatic carbocycles. The average Bonchev–Trinajstić information content (AvgIpc) is 3.10. The van der Waals surface area contributed by atoms with Gasteiger partial charge < -0.3 is 18.9 Å². The second-order valence-corrected chi connectivity index (χ2v) is 5.64. The second-order valence-electron chi connectivity index (χ2n) is 5.64. The topological polar surface area (TPSA) is 72.6 Å². The van der Waals surface area contributed by atoms with Crippen molar-refractivity contribution in [2.75, 3.05) is 39.6 Å². The summed E-state index contributed by atoms with van der Waals surface area (Å²) in [5.74, 6) is 0. The predicted molar refractivity (Wildman–Crippen MR) is 86.5 cm³/mol. The van der Waals surface area contributed by atoms with Crippen molar-refractivity contribution >= 4 is 0 Å². The first-order valence-corrected chi connectivity index (χ1v) is 8.14. The third kappa shape index (κ3) is 4.41. The molecule has 2 aromatic rings. The summed E-state index contributed by atoms with van der Waals surface area (Å²) in [6, 6.07) is 4.04. The van der Waals surface area contributed by atoms with Gasteiger partial charge in [-0.25, -0.2) is 9.36 Å². The van der Waals surface area contributed by atoms with Crippen molar-refractivity contribution in [3.63, 3.8) is 0 Å². The minimum atomic E-state index is 0.367. The Morgan fingerprint density at radius 2 is 1.33 bits per heavy atom. The van der Waals surface area contributed by atoms with Gasteiger partial charge in [0.05, 0.1) is 51.0 Å². The molecule has 0 saturated heterocycles. The summed E-state index contributed by atoms with van der Waals surface area (Å²) in [4.78, 5) is 0. The van der Waals surface area contributed by atoms with E-state index >= 15 is 0 Å². The molecule has 0 spiro atoms. The number of rotatable bonds is 0. The van der Waals surface area contributed by atoms with Crippen LogP contribution in [0.4, 0.5) is 0 Å². The van der Waals surface area contributed by atoms with Gasteiger partial charge in [0.15, 0.2) is 0 Å². The highest BCUT2D eigenvalue weighted by atomic mass is 16.6. The quantitative estimate of drug-likeness (QED) is 0.723. The summed E-state index contributed by atoms with van der Waals surface area (Å²) >= 11 is 0. The van der Waals surface area contributed by atoms with Gasteiger partial charge in [0.1, 0.15) is 19.2 Å². The molecule has 0 unspecified atom stereocenters. The maximum atomic E-state index is 5.65. The van der Waals surface area contributed by atoms with Crippen molar-refractivity contribution in [2.24, 2.45) is 0 Å². The molecule has 0 aromatic carbocycles. The zero-order valence-electron chi connectivity index (χ0n) is 14.2. The van der Waals surface area contributed by atoms with Crippen LogP contribution in [0.15, 0.2) is 12.1 Å². The van der Waals surface area contributed by atoms with Gasteiger partial charge in [-0.15, -0.1) is 0 Å². The summed E-state index contributed by atoms with van der Waals surface area (Å²) in [5.41, 5.74) is 3.76. The Hall–Kier alpha value is -1.74. The SMILES string of the molecule is Cc1cc2n(n1)COCCOCCOCCOCn1nc-2cc1C. The van der Waals surface area contributed by atoms with Crippen LogP contribution < -0.4 is 0 Å². The molecule has 0 atom stereocenters. The molecule has 0 radical (unpaired) electrons. The van der Waals surface area contributed by atoms with Crippen LogP contribution >= 0.6 is 0 Å². The van der Waals surface area contributed by atoms with Crippen LogP contribution in [0.25, 0.3) is 11.4 Å². The Bertz CT molecular complexity index is 653. The molecule has 132 valence electrons. The fraction of sp³-hybridized carbons (Fsp3) is 0.625. The van der Waals surface area contributed by atoms with Crippen LogP contribution in [0.5, 0.6) is 0 Å². The molecule has 2 aromatic heterocycles. The molecule has 1 aliphatic heterocycles. The lowest BCUT2D eigenvalue weighted by Crippen LogP contribution is -2.13. The van der Waals surface area contributed by atoms with E-state index in [1.165, 1.54) is 0 Å². The third-order valence-electron chi connectivity index (χ3n) is 3.69. The highest BCUT2D eigenvalue weighted by Gasteiger charge is 2.13. The van der Waals surface area contributed by atoms with E-state index < -0.39 is 0 Å². The van der Waals surface area contributed by atoms with Crippen molar-refractivity contribution < 1.29 is 18.9 Å². The number of aromatic nitrogens is 4. The van der Waals surface area contributed by atoms with Crippen molar-refractivity contribution in [1.82, 2.24) is 19.6 Å². The van der Waals surface area contributed by atoms with Crippen LogP contribution in [-0.4, -0.2) is 59.2 Å². The van der Waals surface area contributed by atoms with E-state index in [0.717, 1.165) is 22.8 Å². The van der Waals surface area contributed by atoms with Gasteiger partial charge in [-0.3, -0.25) is 0 Å². The molecule has 8 heteroatoms. The van der Waals surface area contributed by atoms with E-state index in [2.05, 4.69) is 10.2 Å². The van der Waals surface area contributed by atoms with E-state index in [-0.39, 0.29) is 0 Å².